The Labute approximate surface area is 325 Å². The van der Waals surface area contributed by atoms with E-state index in [0.29, 0.717) is 12.8 Å². The van der Waals surface area contributed by atoms with Crippen LogP contribution in [-0.4, -0.2) is 42.2 Å². The van der Waals surface area contributed by atoms with Gasteiger partial charge in [0.1, 0.15) is 6.61 Å². The van der Waals surface area contributed by atoms with Gasteiger partial charge < -0.3 is 14.4 Å². The average molecular weight is 766 g/mol. The van der Waals surface area contributed by atoms with E-state index in [-0.39, 0.29) is 31.6 Å². The predicted molar refractivity (Wildman–Crippen MR) is 220 cm³/mol. The quantitative estimate of drug-likeness (QED) is 0.0389. The summed E-state index contributed by atoms with van der Waals surface area (Å²) in [7, 11) is -4.21. The van der Waals surface area contributed by atoms with E-state index >= 15 is 0 Å². The first-order valence-electron chi connectivity index (χ1n) is 21.9. The van der Waals surface area contributed by atoms with E-state index in [1.807, 2.05) is 37.3 Å². The van der Waals surface area contributed by atoms with E-state index in [0.717, 1.165) is 44.1 Å². The molecule has 0 aliphatic rings. The third kappa shape index (κ3) is 32.2. The van der Waals surface area contributed by atoms with Gasteiger partial charge in [-0.15, -0.1) is 0 Å². The minimum atomic E-state index is -4.21. The number of rotatable bonds is 38. The first-order valence-corrected chi connectivity index (χ1v) is 23.5. The standard InChI is InChI=1S/C44H80NO7P/c1-4-6-8-10-12-14-16-18-20-22-24-26-31-35-43(46)50-38-42(39-51-53(48,49)45-40(3)37-41-33-29-28-30-34-41)52-44(47)36-32-27-25-23-21-19-17-15-13-11-9-7-5-2/h28-30,33-34,40,42H,4-27,31-32,35-39H2,1-3H3,(H2,45,48,49)/t40?,42-/m1/s1. The van der Waals surface area contributed by atoms with Crippen LogP contribution in [0.15, 0.2) is 30.3 Å². The molecule has 1 rings (SSSR count). The molecule has 0 aliphatic heterocycles. The highest BCUT2D eigenvalue weighted by Gasteiger charge is 2.26. The van der Waals surface area contributed by atoms with E-state index in [1.54, 1.807) is 0 Å². The third-order valence-electron chi connectivity index (χ3n) is 9.90. The summed E-state index contributed by atoms with van der Waals surface area (Å²) in [6, 6.07) is 9.36. The van der Waals surface area contributed by atoms with Crippen molar-refractivity contribution in [2.24, 2.45) is 0 Å². The van der Waals surface area contributed by atoms with Crippen molar-refractivity contribution in [1.82, 2.24) is 5.09 Å². The molecule has 0 aromatic heterocycles. The SMILES string of the molecule is CCCCCCCCCCCCCCCC(=O)OC[C@H](COP(=O)(O)NC(C)Cc1ccccc1)OC(=O)CCCCCCCCCCCCCCC. The molecule has 9 heteroatoms. The largest absolute Gasteiger partial charge is 0.462 e. The topological polar surface area (TPSA) is 111 Å². The number of benzene rings is 1. The van der Waals surface area contributed by atoms with Crippen molar-refractivity contribution in [1.29, 1.82) is 0 Å². The van der Waals surface area contributed by atoms with Crippen LogP contribution in [0.3, 0.4) is 0 Å². The molecule has 53 heavy (non-hydrogen) atoms. The maximum Gasteiger partial charge on any atom is 0.403 e. The molecule has 8 nitrogen and oxygen atoms in total. The maximum absolute atomic E-state index is 12.9. The van der Waals surface area contributed by atoms with Gasteiger partial charge in [-0.05, 0) is 31.7 Å². The Bertz CT molecular complexity index is 1040. The van der Waals surface area contributed by atoms with E-state index in [2.05, 4.69) is 18.9 Å². The molecule has 0 aliphatic carbocycles. The third-order valence-corrected chi connectivity index (χ3v) is 11.2. The second kappa shape index (κ2) is 34.7. The van der Waals surface area contributed by atoms with Crippen LogP contribution in [0.25, 0.3) is 0 Å². The monoisotopic (exact) mass is 766 g/mol. The molecule has 3 atom stereocenters. The molecule has 0 fully saturated rings. The maximum atomic E-state index is 12.9. The zero-order chi connectivity index (χ0) is 38.7. The lowest BCUT2D eigenvalue weighted by Crippen LogP contribution is -2.32. The molecule has 308 valence electrons. The van der Waals surface area contributed by atoms with Crippen LogP contribution in [0, 0.1) is 0 Å². The molecule has 0 spiro atoms. The summed E-state index contributed by atoms with van der Waals surface area (Å²) in [5.74, 6) is -0.764. The molecule has 2 unspecified atom stereocenters. The van der Waals surface area contributed by atoms with Crippen LogP contribution >= 0.6 is 7.75 Å². The molecular weight excluding hydrogens is 685 g/mol. The predicted octanol–water partition coefficient (Wildman–Crippen LogP) is 12.7. The van der Waals surface area contributed by atoms with Crippen molar-refractivity contribution in [3.05, 3.63) is 35.9 Å². The average Bonchev–Trinajstić information content (AvgIpc) is 3.13. The van der Waals surface area contributed by atoms with Gasteiger partial charge in [-0.2, -0.15) is 0 Å². The van der Waals surface area contributed by atoms with Gasteiger partial charge in [-0.25, -0.2) is 9.65 Å². The molecule has 0 heterocycles. The normalized spacial score (nSPS) is 13.7. The van der Waals surface area contributed by atoms with Crippen LogP contribution in [-0.2, 0) is 34.6 Å². The molecule has 0 bridgehead atoms. The molecule has 0 radical (unpaired) electrons. The van der Waals surface area contributed by atoms with Gasteiger partial charge in [0, 0.05) is 18.9 Å². The van der Waals surface area contributed by atoms with Gasteiger partial charge in [0.05, 0.1) is 6.61 Å². The summed E-state index contributed by atoms with van der Waals surface area (Å²) in [6.45, 7) is 5.76. The number of carbonyl (C=O) groups is 2. The first kappa shape index (κ1) is 49.3. The van der Waals surface area contributed by atoms with Gasteiger partial charge in [-0.1, -0.05) is 198 Å². The molecule has 0 saturated carbocycles. The van der Waals surface area contributed by atoms with Crippen molar-refractivity contribution in [3.63, 3.8) is 0 Å². The Hall–Kier alpha value is -1.73. The number of hydrogen-bond acceptors (Lipinski definition) is 6. The number of carbonyl (C=O) groups excluding carboxylic acids is 2. The Morgan fingerprint density at radius 2 is 1.00 bits per heavy atom. The summed E-state index contributed by atoms with van der Waals surface area (Å²) in [6.07, 6.45) is 32.0. The molecule has 0 saturated heterocycles. The van der Waals surface area contributed by atoms with Crippen molar-refractivity contribution in [2.45, 2.75) is 219 Å². The van der Waals surface area contributed by atoms with Crippen molar-refractivity contribution in [2.75, 3.05) is 13.2 Å². The van der Waals surface area contributed by atoms with Crippen molar-refractivity contribution in [3.8, 4) is 0 Å². The summed E-state index contributed by atoms with van der Waals surface area (Å²) in [5, 5.41) is 2.67. The van der Waals surface area contributed by atoms with E-state index in [4.69, 9.17) is 14.0 Å². The Kier molecular flexibility index (Phi) is 32.3. The highest BCUT2D eigenvalue weighted by Crippen LogP contribution is 2.38. The second-order valence-electron chi connectivity index (χ2n) is 15.3. The van der Waals surface area contributed by atoms with Crippen LogP contribution in [0.4, 0.5) is 0 Å². The Morgan fingerprint density at radius 3 is 1.43 bits per heavy atom. The highest BCUT2D eigenvalue weighted by molar-refractivity contribution is 7.50. The zero-order valence-electron chi connectivity index (χ0n) is 34.3. The minimum Gasteiger partial charge on any atom is -0.462 e. The van der Waals surface area contributed by atoms with Crippen molar-refractivity contribution < 1.29 is 33.0 Å². The fourth-order valence-electron chi connectivity index (χ4n) is 6.71. The van der Waals surface area contributed by atoms with Crippen molar-refractivity contribution >= 4 is 19.7 Å². The smallest absolute Gasteiger partial charge is 0.403 e. The van der Waals surface area contributed by atoms with Gasteiger partial charge >= 0.3 is 19.7 Å². The second-order valence-corrected chi connectivity index (χ2v) is 16.9. The lowest BCUT2D eigenvalue weighted by atomic mass is 10.0. The van der Waals surface area contributed by atoms with Gasteiger partial charge in [0.15, 0.2) is 6.10 Å². The fourth-order valence-corrected chi connectivity index (χ4v) is 7.80. The summed E-state index contributed by atoms with van der Waals surface area (Å²) in [5.41, 5.74) is 1.03. The first-order chi connectivity index (χ1) is 25.8. The molecule has 1 aromatic rings. The summed E-state index contributed by atoms with van der Waals surface area (Å²) < 4.78 is 29.3. The zero-order valence-corrected chi connectivity index (χ0v) is 35.2. The van der Waals surface area contributed by atoms with E-state index in [9.17, 15) is 19.0 Å². The highest BCUT2D eigenvalue weighted by atomic mass is 31.2. The molecule has 2 N–H and O–H groups in total. The summed E-state index contributed by atoms with van der Waals surface area (Å²) >= 11 is 0. The van der Waals surface area contributed by atoms with Gasteiger partial charge in [0.2, 0.25) is 0 Å². The van der Waals surface area contributed by atoms with Crippen LogP contribution in [0.2, 0.25) is 0 Å². The Morgan fingerprint density at radius 1 is 0.604 bits per heavy atom. The molecule has 0 amide bonds. The van der Waals surface area contributed by atoms with E-state index < -0.39 is 19.8 Å². The number of esters is 2. The fraction of sp³-hybridized carbons (Fsp3) is 0.818. The summed E-state index contributed by atoms with van der Waals surface area (Å²) in [4.78, 5) is 35.8. The molecular formula is C44H80NO7P. The van der Waals surface area contributed by atoms with Crippen LogP contribution in [0.1, 0.15) is 206 Å². The van der Waals surface area contributed by atoms with Gasteiger partial charge in [0.25, 0.3) is 0 Å². The van der Waals surface area contributed by atoms with Gasteiger partial charge in [-0.3, -0.25) is 14.1 Å². The lowest BCUT2D eigenvalue weighted by molar-refractivity contribution is -0.161. The molecule has 1 aromatic carbocycles. The lowest BCUT2D eigenvalue weighted by Gasteiger charge is -2.22. The number of unbranched alkanes of at least 4 members (excludes halogenated alkanes) is 24. The Balaban J connectivity index is 2.38. The number of ether oxygens (including phenoxy) is 2. The van der Waals surface area contributed by atoms with Crippen LogP contribution < -0.4 is 5.09 Å². The number of nitrogens with one attached hydrogen (secondary N) is 1. The van der Waals surface area contributed by atoms with E-state index in [1.165, 1.54) is 128 Å². The number of hydrogen-bond donors (Lipinski definition) is 2. The van der Waals surface area contributed by atoms with Crippen LogP contribution in [0.5, 0.6) is 0 Å². The minimum absolute atomic E-state index is 0.207.